The van der Waals surface area contributed by atoms with Crippen molar-refractivity contribution in [3.05, 3.63) is 33.3 Å². The highest BCUT2D eigenvalue weighted by molar-refractivity contribution is 9.10. The van der Waals surface area contributed by atoms with Gasteiger partial charge in [-0.1, -0.05) is 33.6 Å². The fourth-order valence-electron chi connectivity index (χ4n) is 2.51. The Bertz CT molecular complexity index is 453. The summed E-state index contributed by atoms with van der Waals surface area (Å²) in [5, 5.41) is 10.6. The summed E-state index contributed by atoms with van der Waals surface area (Å²) in [6, 6.07) is 5.74. The van der Waals surface area contributed by atoms with E-state index in [1.54, 1.807) is 0 Å². The average molecular weight is 348 g/mol. The van der Waals surface area contributed by atoms with Crippen LogP contribution in [-0.2, 0) is 0 Å². The molecule has 2 unspecified atom stereocenters. The van der Waals surface area contributed by atoms with Gasteiger partial charge in [0.25, 0.3) is 0 Å². The minimum atomic E-state index is -0.542. The van der Waals surface area contributed by atoms with E-state index in [4.69, 9.17) is 17.3 Å². The van der Waals surface area contributed by atoms with E-state index in [0.717, 1.165) is 42.5 Å². The number of rotatable bonds is 4. The Morgan fingerprint density at radius 3 is 2.89 bits per heavy atom. The maximum atomic E-state index is 9.92. The van der Waals surface area contributed by atoms with E-state index in [2.05, 4.69) is 20.8 Å². The van der Waals surface area contributed by atoms with Gasteiger partial charge < -0.3 is 15.7 Å². The molecule has 1 aliphatic heterocycles. The number of hydrogen-bond donors (Lipinski definition) is 2. The van der Waals surface area contributed by atoms with E-state index in [9.17, 15) is 5.11 Å². The van der Waals surface area contributed by atoms with Crippen molar-refractivity contribution in [2.24, 2.45) is 5.73 Å². The van der Waals surface area contributed by atoms with Crippen LogP contribution in [0.2, 0.25) is 5.02 Å². The standard InChI is InChI=1S/C14H20BrClN2O/c1-14(19)5-7-18(9-14)6-4-13(17)11-3-2-10(15)8-12(11)16/h2-3,8,13,19H,4-7,9,17H2,1H3. The molecule has 1 saturated heterocycles. The lowest BCUT2D eigenvalue weighted by Gasteiger charge is -2.21. The van der Waals surface area contributed by atoms with Gasteiger partial charge in [0, 0.05) is 35.2 Å². The topological polar surface area (TPSA) is 49.5 Å². The molecular weight excluding hydrogens is 328 g/mol. The van der Waals surface area contributed by atoms with Crippen LogP contribution in [0.1, 0.15) is 31.4 Å². The van der Waals surface area contributed by atoms with Crippen molar-refractivity contribution in [1.29, 1.82) is 0 Å². The van der Waals surface area contributed by atoms with Crippen molar-refractivity contribution in [3.8, 4) is 0 Å². The molecule has 19 heavy (non-hydrogen) atoms. The lowest BCUT2D eigenvalue weighted by Crippen LogP contribution is -2.31. The molecule has 1 aromatic carbocycles. The molecule has 1 aliphatic rings. The van der Waals surface area contributed by atoms with Crippen molar-refractivity contribution in [3.63, 3.8) is 0 Å². The molecule has 0 radical (unpaired) electrons. The molecule has 3 N–H and O–H groups in total. The Hall–Kier alpha value is -0.130. The van der Waals surface area contributed by atoms with Crippen LogP contribution in [0.15, 0.2) is 22.7 Å². The zero-order chi connectivity index (χ0) is 14.0. The van der Waals surface area contributed by atoms with Crippen LogP contribution in [0.4, 0.5) is 0 Å². The highest BCUT2D eigenvalue weighted by atomic mass is 79.9. The predicted octanol–water partition coefficient (Wildman–Crippen LogP) is 2.95. The highest BCUT2D eigenvalue weighted by Crippen LogP contribution is 2.28. The Labute approximate surface area is 127 Å². The van der Waals surface area contributed by atoms with E-state index in [-0.39, 0.29) is 6.04 Å². The molecule has 2 atom stereocenters. The molecule has 0 spiro atoms. The molecule has 0 aromatic heterocycles. The van der Waals surface area contributed by atoms with Crippen molar-refractivity contribution < 1.29 is 5.11 Å². The number of aliphatic hydroxyl groups is 1. The Kier molecular flexibility index (Phi) is 4.90. The molecule has 1 aromatic rings. The third-order valence-corrected chi connectivity index (χ3v) is 4.47. The molecule has 3 nitrogen and oxygen atoms in total. The van der Waals surface area contributed by atoms with Gasteiger partial charge in [-0.05, 0) is 37.5 Å². The first-order chi connectivity index (χ1) is 8.87. The second-order valence-electron chi connectivity index (χ2n) is 5.58. The Balaban J connectivity index is 1.89. The first-order valence-electron chi connectivity index (χ1n) is 6.53. The normalized spacial score (nSPS) is 25.7. The monoisotopic (exact) mass is 346 g/mol. The predicted molar refractivity (Wildman–Crippen MR) is 82.4 cm³/mol. The summed E-state index contributed by atoms with van der Waals surface area (Å²) in [5.74, 6) is 0. The lowest BCUT2D eigenvalue weighted by atomic mass is 10.0. The van der Waals surface area contributed by atoms with E-state index < -0.39 is 5.60 Å². The first kappa shape index (κ1) is 15.3. The molecule has 0 amide bonds. The van der Waals surface area contributed by atoms with Gasteiger partial charge in [0.1, 0.15) is 0 Å². The van der Waals surface area contributed by atoms with Crippen LogP contribution >= 0.6 is 27.5 Å². The fraction of sp³-hybridized carbons (Fsp3) is 0.571. The number of nitrogens with two attached hydrogens (primary N) is 1. The maximum Gasteiger partial charge on any atom is 0.0758 e. The maximum absolute atomic E-state index is 9.92. The van der Waals surface area contributed by atoms with Crippen LogP contribution < -0.4 is 5.73 Å². The molecule has 1 heterocycles. The van der Waals surface area contributed by atoms with Crippen LogP contribution in [0, 0.1) is 0 Å². The van der Waals surface area contributed by atoms with Gasteiger partial charge >= 0.3 is 0 Å². The lowest BCUT2D eigenvalue weighted by molar-refractivity contribution is 0.0684. The zero-order valence-corrected chi connectivity index (χ0v) is 13.4. The quantitative estimate of drug-likeness (QED) is 0.880. The van der Waals surface area contributed by atoms with Crippen LogP contribution in [-0.4, -0.2) is 35.2 Å². The third-order valence-electron chi connectivity index (χ3n) is 3.65. The molecule has 0 bridgehead atoms. The number of β-amino-alcohol motifs (C(OH)–C–C–N with tert-alkyl or cyclic N) is 1. The van der Waals surface area contributed by atoms with E-state index >= 15 is 0 Å². The summed E-state index contributed by atoms with van der Waals surface area (Å²) in [6.07, 6.45) is 1.68. The summed E-state index contributed by atoms with van der Waals surface area (Å²) < 4.78 is 0.962. The summed E-state index contributed by atoms with van der Waals surface area (Å²) >= 11 is 9.59. The zero-order valence-electron chi connectivity index (χ0n) is 11.1. The number of halogens is 2. The van der Waals surface area contributed by atoms with Gasteiger partial charge in [0.15, 0.2) is 0 Å². The van der Waals surface area contributed by atoms with Crippen LogP contribution in [0.5, 0.6) is 0 Å². The van der Waals surface area contributed by atoms with Gasteiger partial charge in [-0.2, -0.15) is 0 Å². The smallest absolute Gasteiger partial charge is 0.0758 e. The summed E-state index contributed by atoms with van der Waals surface area (Å²) in [7, 11) is 0. The molecular formula is C14H20BrClN2O. The van der Waals surface area contributed by atoms with Crippen LogP contribution in [0.25, 0.3) is 0 Å². The minimum Gasteiger partial charge on any atom is -0.389 e. The molecule has 5 heteroatoms. The van der Waals surface area contributed by atoms with Crippen LogP contribution in [0.3, 0.4) is 0 Å². The van der Waals surface area contributed by atoms with Crippen molar-refractivity contribution in [2.45, 2.75) is 31.4 Å². The van der Waals surface area contributed by atoms with Gasteiger partial charge in [0.05, 0.1) is 5.60 Å². The molecule has 0 saturated carbocycles. The highest BCUT2D eigenvalue weighted by Gasteiger charge is 2.31. The number of hydrogen-bond acceptors (Lipinski definition) is 3. The van der Waals surface area contributed by atoms with Crippen molar-refractivity contribution in [2.75, 3.05) is 19.6 Å². The Morgan fingerprint density at radius 2 is 2.32 bits per heavy atom. The van der Waals surface area contributed by atoms with E-state index in [1.807, 2.05) is 25.1 Å². The van der Waals surface area contributed by atoms with E-state index in [1.165, 1.54) is 0 Å². The van der Waals surface area contributed by atoms with E-state index in [0.29, 0.717) is 5.02 Å². The summed E-state index contributed by atoms with van der Waals surface area (Å²) in [6.45, 7) is 4.45. The first-order valence-corrected chi connectivity index (χ1v) is 7.70. The number of benzene rings is 1. The second kappa shape index (κ2) is 6.10. The van der Waals surface area contributed by atoms with Gasteiger partial charge in [0.2, 0.25) is 0 Å². The number of likely N-dealkylation sites (tertiary alicyclic amines) is 1. The van der Waals surface area contributed by atoms with Gasteiger partial charge in [-0.25, -0.2) is 0 Å². The van der Waals surface area contributed by atoms with Crippen molar-refractivity contribution >= 4 is 27.5 Å². The number of nitrogens with zero attached hydrogens (tertiary/aromatic N) is 1. The minimum absolute atomic E-state index is 0.0638. The molecule has 106 valence electrons. The SMILES string of the molecule is CC1(O)CCN(CCC(N)c2ccc(Br)cc2Cl)C1. The Morgan fingerprint density at radius 1 is 1.58 bits per heavy atom. The van der Waals surface area contributed by atoms with Gasteiger partial charge in [-0.3, -0.25) is 0 Å². The average Bonchev–Trinajstić information content (AvgIpc) is 2.66. The molecule has 0 aliphatic carbocycles. The van der Waals surface area contributed by atoms with Crippen molar-refractivity contribution in [1.82, 2.24) is 4.90 Å². The largest absolute Gasteiger partial charge is 0.389 e. The summed E-state index contributed by atoms with van der Waals surface area (Å²) in [5.41, 5.74) is 6.64. The van der Waals surface area contributed by atoms with Gasteiger partial charge in [-0.15, -0.1) is 0 Å². The summed E-state index contributed by atoms with van der Waals surface area (Å²) in [4.78, 5) is 2.26. The third kappa shape index (κ3) is 4.17. The second-order valence-corrected chi connectivity index (χ2v) is 6.91. The molecule has 1 fully saturated rings. The fourth-order valence-corrected chi connectivity index (χ4v) is 3.32. The molecule has 2 rings (SSSR count).